The monoisotopic (exact) mass is 134 g/mol. The molecule has 0 fully saturated rings. The molecule has 0 radical (unpaired) electrons. The molecule has 2 rings (SSSR count). The quantitative estimate of drug-likeness (QED) is 0.552. The number of hydrogen-bond acceptors (Lipinski definition) is 3. The van der Waals surface area contributed by atoms with E-state index in [1.54, 1.807) is 12.4 Å². The van der Waals surface area contributed by atoms with Crippen molar-refractivity contribution in [2.75, 3.05) is 5.73 Å². The molecule has 0 bridgehead atoms. The van der Waals surface area contributed by atoms with Crippen LogP contribution in [-0.2, 0) is 0 Å². The first kappa shape index (κ1) is 5.22. The Morgan fingerprint density at radius 3 is 3.30 bits per heavy atom. The lowest BCUT2D eigenvalue weighted by Crippen LogP contribution is -1.85. The Hall–Kier alpha value is -1.58. The van der Waals surface area contributed by atoms with Crippen LogP contribution in [0, 0.1) is 0 Å². The Morgan fingerprint density at radius 1 is 1.50 bits per heavy atom. The van der Waals surface area contributed by atoms with Crippen LogP contribution in [0.3, 0.4) is 0 Å². The van der Waals surface area contributed by atoms with E-state index >= 15 is 0 Å². The smallest absolute Gasteiger partial charge is 0.180 e. The molecule has 10 heavy (non-hydrogen) atoms. The van der Waals surface area contributed by atoms with Crippen molar-refractivity contribution in [3.63, 3.8) is 0 Å². The van der Waals surface area contributed by atoms with Crippen LogP contribution >= 0.6 is 0 Å². The summed E-state index contributed by atoms with van der Waals surface area (Å²) in [5.74, 6) is 0. The van der Waals surface area contributed by atoms with Crippen molar-refractivity contribution >= 4 is 16.7 Å². The zero-order chi connectivity index (χ0) is 6.97. The molecule has 0 saturated heterocycles. The number of rotatable bonds is 0. The van der Waals surface area contributed by atoms with E-state index in [2.05, 4.69) is 15.2 Å². The van der Waals surface area contributed by atoms with E-state index in [4.69, 9.17) is 5.73 Å². The summed E-state index contributed by atoms with van der Waals surface area (Å²) < 4.78 is 0. The lowest BCUT2D eigenvalue weighted by Gasteiger charge is -1.88. The number of pyridine rings is 1. The molecule has 0 saturated carbocycles. The largest absolute Gasteiger partial charge is 0.397 e. The molecule has 0 atom stereocenters. The van der Waals surface area contributed by atoms with Gasteiger partial charge in [0.15, 0.2) is 5.65 Å². The molecule has 0 amide bonds. The van der Waals surface area contributed by atoms with Crippen molar-refractivity contribution in [2.45, 2.75) is 0 Å². The van der Waals surface area contributed by atoms with Gasteiger partial charge < -0.3 is 5.73 Å². The minimum Gasteiger partial charge on any atom is -0.397 e. The van der Waals surface area contributed by atoms with Gasteiger partial charge in [-0.1, -0.05) is 0 Å². The van der Waals surface area contributed by atoms with Gasteiger partial charge in [-0.2, -0.15) is 5.10 Å². The number of aromatic nitrogens is 3. The maximum Gasteiger partial charge on any atom is 0.180 e. The van der Waals surface area contributed by atoms with Crippen molar-refractivity contribution in [1.29, 1.82) is 0 Å². The number of hydrogen-bond donors (Lipinski definition) is 2. The summed E-state index contributed by atoms with van der Waals surface area (Å²) in [6.45, 7) is 0. The first-order chi connectivity index (χ1) is 4.86. The van der Waals surface area contributed by atoms with Crippen LogP contribution in [0.15, 0.2) is 18.5 Å². The van der Waals surface area contributed by atoms with Gasteiger partial charge in [0, 0.05) is 11.6 Å². The summed E-state index contributed by atoms with van der Waals surface area (Å²) >= 11 is 0. The van der Waals surface area contributed by atoms with Crippen molar-refractivity contribution in [3.8, 4) is 0 Å². The van der Waals surface area contributed by atoms with Gasteiger partial charge in [0.05, 0.1) is 11.9 Å². The highest BCUT2D eigenvalue weighted by molar-refractivity contribution is 5.76. The first-order valence-electron chi connectivity index (χ1n) is 2.91. The van der Waals surface area contributed by atoms with Crippen LogP contribution in [0.5, 0.6) is 0 Å². The van der Waals surface area contributed by atoms with Crippen LogP contribution < -0.4 is 5.73 Å². The zero-order valence-electron chi connectivity index (χ0n) is 5.20. The molecule has 2 heterocycles. The molecule has 2 aromatic rings. The van der Waals surface area contributed by atoms with E-state index in [1.165, 1.54) is 0 Å². The number of anilines is 1. The topological polar surface area (TPSA) is 67.6 Å². The Kier molecular flexibility index (Phi) is 0.887. The number of nitrogen functional groups attached to an aromatic ring is 1. The van der Waals surface area contributed by atoms with Gasteiger partial charge in [0.25, 0.3) is 0 Å². The summed E-state index contributed by atoms with van der Waals surface area (Å²) in [6, 6.07) is 1.83. The van der Waals surface area contributed by atoms with Gasteiger partial charge in [-0.25, -0.2) is 4.98 Å². The second-order valence-corrected chi connectivity index (χ2v) is 2.07. The van der Waals surface area contributed by atoms with E-state index in [-0.39, 0.29) is 0 Å². The van der Waals surface area contributed by atoms with Gasteiger partial charge >= 0.3 is 0 Å². The third kappa shape index (κ3) is 0.621. The number of nitrogens with zero attached hydrogens (tertiary/aromatic N) is 2. The van der Waals surface area contributed by atoms with Gasteiger partial charge in [0.2, 0.25) is 0 Å². The number of fused-ring (bicyclic) bond motifs is 1. The van der Waals surface area contributed by atoms with Crippen molar-refractivity contribution in [1.82, 2.24) is 15.2 Å². The predicted octanol–water partition coefficient (Wildman–Crippen LogP) is 0.540. The third-order valence-electron chi connectivity index (χ3n) is 1.31. The number of H-pyrrole nitrogens is 1. The Labute approximate surface area is 57.1 Å². The predicted molar refractivity (Wildman–Crippen MR) is 38.3 cm³/mol. The fourth-order valence-electron chi connectivity index (χ4n) is 0.854. The van der Waals surface area contributed by atoms with Crippen molar-refractivity contribution in [2.24, 2.45) is 0 Å². The fourth-order valence-corrected chi connectivity index (χ4v) is 0.854. The Balaban J connectivity index is 2.86. The highest BCUT2D eigenvalue weighted by atomic mass is 15.1. The molecule has 0 unspecified atom stereocenters. The minimum atomic E-state index is 0.661. The molecule has 2 aromatic heterocycles. The summed E-state index contributed by atoms with van der Waals surface area (Å²) in [5.41, 5.74) is 6.84. The van der Waals surface area contributed by atoms with E-state index in [1.807, 2.05) is 6.07 Å². The van der Waals surface area contributed by atoms with Crippen LogP contribution in [-0.4, -0.2) is 15.2 Å². The Morgan fingerprint density at radius 2 is 2.40 bits per heavy atom. The SMILES string of the molecule is Nc1cnc2n[nH]cc2c1. The molecule has 4 nitrogen and oxygen atoms in total. The molecule has 0 aliphatic rings. The highest BCUT2D eigenvalue weighted by Gasteiger charge is 1.94. The molecule has 0 aliphatic heterocycles. The standard InChI is InChI=1S/C6H6N4/c7-5-1-4-2-9-10-6(4)8-3-5/h1-3H,7H2,(H,8,9,10). The van der Waals surface area contributed by atoms with E-state index in [0.29, 0.717) is 11.3 Å². The van der Waals surface area contributed by atoms with E-state index in [0.717, 1.165) is 5.39 Å². The van der Waals surface area contributed by atoms with Gasteiger partial charge in [-0.05, 0) is 6.07 Å². The minimum absolute atomic E-state index is 0.661. The van der Waals surface area contributed by atoms with Crippen molar-refractivity contribution in [3.05, 3.63) is 18.5 Å². The second-order valence-electron chi connectivity index (χ2n) is 2.07. The normalized spacial score (nSPS) is 10.4. The van der Waals surface area contributed by atoms with Crippen molar-refractivity contribution < 1.29 is 0 Å². The number of nitrogens with one attached hydrogen (secondary N) is 1. The summed E-state index contributed by atoms with van der Waals surface area (Å²) in [6.07, 6.45) is 3.35. The fraction of sp³-hybridized carbons (Fsp3) is 0. The number of nitrogens with two attached hydrogens (primary N) is 1. The maximum atomic E-state index is 5.48. The first-order valence-corrected chi connectivity index (χ1v) is 2.91. The molecule has 0 aromatic carbocycles. The molecule has 4 heteroatoms. The lowest BCUT2D eigenvalue weighted by atomic mass is 10.3. The maximum absolute atomic E-state index is 5.48. The molecule has 0 aliphatic carbocycles. The zero-order valence-corrected chi connectivity index (χ0v) is 5.20. The summed E-state index contributed by atoms with van der Waals surface area (Å²) in [7, 11) is 0. The van der Waals surface area contributed by atoms with E-state index in [9.17, 15) is 0 Å². The summed E-state index contributed by atoms with van der Waals surface area (Å²) in [5, 5.41) is 7.51. The lowest BCUT2D eigenvalue weighted by molar-refractivity contribution is 1.10. The third-order valence-corrected chi connectivity index (χ3v) is 1.31. The summed E-state index contributed by atoms with van der Waals surface area (Å²) in [4.78, 5) is 3.97. The highest BCUT2D eigenvalue weighted by Crippen LogP contribution is 2.09. The van der Waals surface area contributed by atoms with Gasteiger partial charge in [-0.3, -0.25) is 5.10 Å². The molecule has 0 spiro atoms. The van der Waals surface area contributed by atoms with Crippen LogP contribution in [0.25, 0.3) is 11.0 Å². The average Bonchev–Trinajstić information content (AvgIpc) is 2.33. The molecule has 3 N–H and O–H groups in total. The molecular formula is C6H6N4. The van der Waals surface area contributed by atoms with Gasteiger partial charge in [0.1, 0.15) is 0 Å². The van der Waals surface area contributed by atoms with Crippen LogP contribution in [0.4, 0.5) is 5.69 Å². The second kappa shape index (κ2) is 1.70. The van der Waals surface area contributed by atoms with Gasteiger partial charge in [-0.15, -0.1) is 0 Å². The average molecular weight is 134 g/mol. The Bertz CT molecular complexity index is 351. The van der Waals surface area contributed by atoms with E-state index < -0.39 is 0 Å². The molecule has 50 valence electrons. The van der Waals surface area contributed by atoms with Crippen LogP contribution in [0.2, 0.25) is 0 Å². The van der Waals surface area contributed by atoms with Crippen LogP contribution in [0.1, 0.15) is 0 Å². The number of aromatic amines is 1. The molecular weight excluding hydrogens is 128 g/mol.